The Labute approximate surface area is 223 Å². The Hall–Kier alpha value is -2.45. The minimum atomic E-state index is -0.618. The molecule has 0 spiro atoms. The molecule has 1 aromatic carbocycles. The third kappa shape index (κ3) is 13.1. The summed E-state index contributed by atoms with van der Waals surface area (Å²) in [6, 6.07) is 9.24. The minimum Gasteiger partial charge on any atom is -0.459 e. The molecule has 0 aliphatic carbocycles. The highest BCUT2D eigenvalue weighted by Gasteiger charge is 2.31. The Bertz CT molecular complexity index is 861. The van der Waals surface area contributed by atoms with Crippen molar-refractivity contribution in [1.29, 1.82) is 0 Å². The maximum absolute atomic E-state index is 13.3. The highest BCUT2D eigenvalue weighted by atomic mass is 16.6. The van der Waals surface area contributed by atoms with Gasteiger partial charge in [-0.15, -0.1) is 0 Å². The second-order valence-electron chi connectivity index (χ2n) is 11.8. The third-order valence-electron chi connectivity index (χ3n) is 5.99. The molecule has 1 aliphatic heterocycles. The molecule has 1 atom stereocenters. The van der Waals surface area contributed by atoms with Gasteiger partial charge in [-0.1, -0.05) is 36.8 Å². The molecular formula is C29H47N3O5. The van der Waals surface area contributed by atoms with Gasteiger partial charge in [-0.05, 0) is 79.5 Å². The first-order chi connectivity index (χ1) is 17.3. The smallest absolute Gasteiger partial charge is 0.323 e. The molecule has 8 nitrogen and oxygen atoms in total. The summed E-state index contributed by atoms with van der Waals surface area (Å²) in [6.07, 6.45) is 3.53. The monoisotopic (exact) mass is 517 g/mol. The number of benzene rings is 1. The summed E-state index contributed by atoms with van der Waals surface area (Å²) in [4.78, 5) is 42.6. The number of carbonyl (C=O) groups is 3. The Kier molecular flexibility index (Phi) is 12.0. The summed E-state index contributed by atoms with van der Waals surface area (Å²) in [5, 5.41) is 2.95. The van der Waals surface area contributed by atoms with Crippen LogP contribution in [-0.4, -0.2) is 77.6 Å². The van der Waals surface area contributed by atoms with Gasteiger partial charge < -0.3 is 14.8 Å². The van der Waals surface area contributed by atoms with Gasteiger partial charge >= 0.3 is 11.9 Å². The van der Waals surface area contributed by atoms with Crippen molar-refractivity contribution in [3.8, 4) is 0 Å². The number of amides is 1. The maximum atomic E-state index is 13.3. The lowest BCUT2D eigenvalue weighted by atomic mass is 10.1. The van der Waals surface area contributed by atoms with Crippen LogP contribution in [0.1, 0.15) is 79.2 Å². The summed E-state index contributed by atoms with van der Waals surface area (Å²) in [6.45, 7) is 14.7. The largest absolute Gasteiger partial charge is 0.459 e. The molecule has 0 bridgehead atoms. The number of hydrogen-bond acceptors (Lipinski definition) is 7. The fourth-order valence-electron chi connectivity index (χ4n) is 4.32. The summed E-state index contributed by atoms with van der Waals surface area (Å²) in [5.74, 6) is -0.633. The van der Waals surface area contributed by atoms with Gasteiger partial charge in [0.25, 0.3) is 0 Å². The molecule has 1 aliphatic rings. The van der Waals surface area contributed by atoms with Crippen LogP contribution >= 0.6 is 0 Å². The van der Waals surface area contributed by atoms with Crippen LogP contribution in [0.4, 0.5) is 0 Å². The van der Waals surface area contributed by atoms with E-state index in [0.717, 1.165) is 37.9 Å². The molecule has 1 fully saturated rings. The summed E-state index contributed by atoms with van der Waals surface area (Å²) in [5.41, 5.74) is -0.108. The van der Waals surface area contributed by atoms with Gasteiger partial charge in [-0.25, -0.2) is 0 Å². The van der Waals surface area contributed by atoms with Crippen LogP contribution in [0, 0.1) is 0 Å². The Morgan fingerprint density at radius 3 is 2.16 bits per heavy atom. The molecular weight excluding hydrogens is 470 g/mol. The van der Waals surface area contributed by atoms with Crippen LogP contribution in [0.2, 0.25) is 0 Å². The number of esters is 2. The first-order valence-corrected chi connectivity index (χ1v) is 13.5. The van der Waals surface area contributed by atoms with E-state index in [9.17, 15) is 14.4 Å². The van der Waals surface area contributed by atoms with Crippen molar-refractivity contribution >= 4 is 17.8 Å². The molecule has 1 heterocycles. The Balaban J connectivity index is 2.04. The second kappa shape index (κ2) is 14.5. The zero-order valence-electron chi connectivity index (χ0n) is 23.7. The van der Waals surface area contributed by atoms with Crippen molar-refractivity contribution in [3.63, 3.8) is 0 Å². The molecule has 2 rings (SSSR count). The molecule has 0 aromatic heterocycles. The molecule has 0 saturated carbocycles. The van der Waals surface area contributed by atoms with E-state index in [0.29, 0.717) is 26.1 Å². The van der Waals surface area contributed by atoms with Gasteiger partial charge in [0.1, 0.15) is 17.2 Å². The predicted molar refractivity (Wildman–Crippen MR) is 145 cm³/mol. The van der Waals surface area contributed by atoms with Crippen LogP contribution in [0.5, 0.6) is 0 Å². The quantitative estimate of drug-likeness (QED) is 0.497. The molecule has 1 N–H and O–H groups in total. The van der Waals surface area contributed by atoms with E-state index in [4.69, 9.17) is 9.47 Å². The third-order valence-corrected chi connectivity index (χ3v) is 5.99. The molecule has 208 valence electrons. The number of hydrogen-bond donors (Lipinski definition) is 1. The normalized spacial score (nSPS) is 17.1. The average molecular weight is 518 g/mol. The Morgan fingerprint density at radius 1 is 0.865 bits per heavy atom. The number of rotatable bonds is 9. The second-order valence-corrected chi connectivity index (χ2v) is 11.8. The number of nitrogens with zero attached hydrogens (tertiary/aromatic N) is 2. The fraction of sp³-hybridized carbons (Fsp3) is 0.690. The number of ether oxygens (including phenoxy) is 2. The average Bonchev–Trinajstić information content (AvgIpc) is 2.89. The summed E-state index contributed by atoms with van der Waals surface area (Å²) < 4.78 is 11.3. The Morgan fingerprint density at radius 2 is 1.51 bits per heavy atom. The predicted octanol–water partition coefficient (Wildman–Crippen LogP) is 3.92. The van der Waals surface area contributed by atoms with Crippen molar-refractivity contribution in [3.05, 3.63) is 35.9 Å². The van der Waals surface area contributed by atoms with Gasteiger partial charge in [0.15, 0.2) is 0 Å². The van der Waals surface area contributed by atoms with Crippen LogP contribution in [0.25, 0.3) is 0 Å². The lowest BCUT2D eigenvalue weighted by molar-refractivity contribution is -0.162. The molecule has 8 heteroatoms. The van der Waals surface area contributed by atoms with Gasteiger partial charge in [-0.3, -0.25) is 24.2 Å². The lowest BCUT2D eigenvalue weighted by Crippen LogP contribution is -2.48. The first kappa shape index (κ1) is 30.8. The molecule has 1 unspecified atom stereocenters. The number of nitrogens with one attached hydrogen (secondary N) is 1. The standard InChI is InChI=1S/C29H47N3O5/c1-28(2,3)36-26(34)22-31-17-11-8-12-18-32(20-19-31)24(27(35)37-29(4,5)6)15-16-25(33)30-21-23-13-9-7-10-14-23/h7,9-10,13-14,24H,8,11-12,15-22H2,1-6H3,(H,30,33). The fourth-order valence-corrected chi connectivity index (χ4v) is 4.32. The molecule has 1 aromatic rings. The van der Waals surface area contributed by atoms with Crippen molar-refractivity contribution < 1.29 is 23.9 Å². The first-order valence-electron chi connectivity index (χ1n) is 13.5. The molecule has 1 amide bonds. The molecule has 37 heavy (non-hydrogen) atoms. The molecule has 0 radical (unpaired) electrons. The highest BCUT2D eigenvalue weighted by Crippen LogP contribution is 2.18. The van der Waals surface area contributed by atoms with E-state index in [1.165, 1.54) is 0 Å². The van der Waals surface area contributed by atoms with Crippen LogP contribution in [0.3, 0.4) is 0 Å². The van der Waals surface area contributed by atoms with Gasteiger partial charge in [0.2, 0.25) is 5.91 Å². The maximum Gasteiger partial charge on any atom is 0.323 e. The van der Waals surface area contributed by atoms with Crippen LogP contribution in [-0.2, 0) is 30.4 Å². The summed E-state index contributed by atoms with van der Waals surface area (Å²) in [7, 11) is 0. The van der Waals surface area contributed by atoms with Gasteiger partial charge in [-0.2, -0.15) is 0 Å². The van der Waals surface area contributed by atoms with Crippen LogP contribution < -0.4 is 5.32 Å². The lowest BCUT2D eigenvalue weighted by Gasteiger charge is -2.33. The van der Waals surface area contributed by atoms with Crippen LogP contribution in [0.15, 0.2) is 30.3 Å². The minimum absolute atomic E-state index is 0.0896. The highest BCUT2D eigenvalue weighted by molar-refractivity contribution is 5.79. The van der Waals surface area contributed by atoms with Crippen molar-refractivity contribution in [1.82, 2.24) is 15.1 Å². The van der Waals surface area contributed by atoms with Crippen molar-refractivity contribution in [2.75, 3.05) is 32.7 Å². The van der Waals surface area contributed by atoms with E-state index in [1.54, 1.807) is 0 Å². The van der Waals surface area contributed by atoms with E-state index < -0.39 is 17.2 Å². The van der Waals surface area contributed by atoms with E-state index in [1.807, 2.05) is 71.9 Å². The topological polar surface area (TPSA) is 88.2 Å². The van der Waals surface area contributed by atoms with Crippen molar-refractivity contribution in [2.24, 2.45) is 0 Å². The molecule has 1 saturated heterocycles. The summed E-state index contributed by atoms with van der Waals surface area (Å²) >= 11 is 0. The zero-order chi connectivity index (χ0) is 27.5. The van der Waals surface area contributed by atoms with Gasteiger partial charge in [0, 0.05) is 26.1 Å². The van der Waals surface area contributed by atoms with E-state index in [2.05, 4.69) is 15.1 Å². The van der Waals surface area contributed by atoms with Gasteiger partial charge in [0.05, 0.1) is 6.54 Å². The van der Waals surface area contributed by atoms with E-state index in [-0.39, 0.29) is 30.8 Å². The zero-order valence-corrected chi connectivity index (χ0v) is 23.7. The number of carbonyl (C=O) groups excluding carboxylic acids is 3. The SMILES string of the molecule is CC(C)(C)OC(=O)CN1CCCCCN(C(CCC(=O)NCc2ccccc2)C(=O)OC(C)(C)C)CC1. The van der Waals surface area contributed by atoms with E-state index >= 15 is 0 Å². The van der Waals surface area contributed by atoms with Crippen molar-refractivity contribution in [2.45, 2.75) is 97.4 Å².